The summed E-state index contributed by atoms with van der Waals surface area (Å²) in [5.74, 6) is 1.02. The van der Waals surface area contributed by atoms with Crippen LogP contribution in [0.4, 0.5) is 0 Å². The van der Waals surface area contributed by atoms with Crippen LogP contribution < -0.4 is 14.8 Å². The van der Waals surface area contributed by atoms with Crippen molar-refractivity contribution in [3.8, 4) is 11.5 Å². The SMILES string of the molecule is COc1cccc(OCCNC(=O)c2cc(C(C)=O)c[nH]2)c1. The third kappa shape index (κ3) is 4.12. The molecule has 0 fully saturated rings. The number of rotatable bonds is 7. The molecule has 1 amide bonds. The van der Waals surface area contributed by atoms with Crippen LogP contribution in [0, 0.1) is 0 Å². The Bertz CT molecular complexity index is 664. The van der Waals surface area contributed by atoms with Crippen molar-refractivity contribution in [3.63, 3.8) is 0 Å². The topological polar surface area (TPSA) is 80.4 Å². The second-order valence-electron chi connectivity index (χ2n) is 4.64. The molecule has 0 aliphatic carbocycles. The van der Waals surface area contributed by atoms with Crippen molar-refractivity contribution in [2.45, 2.75) is 6.92 Å². The molecule has 0 saturated heterocycles. The van der Waals surface area contributed by atoms with Gasteiger partial charge in [-0.1, -0.05) is 6.07 Å². The largest absolute Gasteiger partial charge is 0.497 e. The van der Waals surface area contributed by atoms with E-state index in [0.717, 1.165) is 0 Å². The molecule has 1 aromatic heterocycles. The van der Waals surface area contributed by atoms with E-state index in [1.54, 1.807) is 13.2 Å². The number of carbonyl (C=O) groups is 2. The molecule has 22 heavy (non-hydrogen) atoms. The summed E-state index contributed by atoms with van der Waals surface area (Å²) in [6.45, 7) is 2.14. The number of aromatic amines is 1. The molecule has 116 valence electrons. The van der Waals surface area contributed by atoms with Crippen LogP contribution >= 0.6 is 0 Å². The maximum absolute atomic E-state index is 11.9. The Hall–Kier alpha value is -2.76. The van der Waals surface area contributed by atoms with E-state index in [0.29, 0.717) is 35.9 Å². The molecule has 2 N–H and O–H groups in total. The van der Waals surface area contributed by atoms with Crippen LogP contribution in [0.1, 0.15) is 27.8 Å². The number of methoxy groups -OCH3 is 1. The molecule has 0 aliphatic heterocycles. The molecule has 0 saturated carbocycles. The minimum atomic E-state index is -0.276. The lowest BCUT2D eigenvalue weighted by atomic mass is 10.2. The summed E-state index contributed by atoms with van der Waals surface area (Å²) < 4.78 is 10.6. The van der Waals surface area contributed by atoms with Crippen molar-refractivity contribution in [2.24, 2.45) is 0 Å². The van der Waals surface area contributed by atoms with E-state index >= 15 is 0 Å². The van der Waals surface area contributed by atoms with E-state index in [4.69, 9.17) is 9.47 Å². The van der Waals surface area contributed by atoms with Crippen molar-refractivity contribution in [1.82, 2.24) is 10.3 Å². The smallest absolute Gasteiger partial charge is 0.267 e. The Morgan fingerprint density at radius 1 is 1.23 bits per heavy atom. The van der Waals surface area contributed by atoms with E-state index in [1.165, 1.54) is 19.2 Å². The molecular formula is C16H18N2O4. The first kappa shape index (κ1) is 15.6. The predicted octanol–water partition coefficient (Wildman–Crippen LogP) is 2.03. The molecule has 0 unspecified atom stereocenters. The molecular weight excluding hydrogens is 284 g/mol. The number of amides is 1. The van der Waals surface area contributed by atoms with Gasteiger partial charge in [-0.15, -0.1) is 0 Å². The number of Topliss-reactive ketones (excluding diaryl/α,β-unsaturated/α-hetero) is 1. The van der Waals surface area contributed by atoms with Crippen molar-refractivity contribution >= 4 is 11.7 Å². The van der Waals surface area contributed by atoms with E-state index in [9.17, 15) is 9.59 Å². The number of hydrogen-bond donors (Lipinski definition) is 2. The molecule has 0 bridgehead atoms. The lowest BCUT2D eigenvalue weighted by molar-refractivity contribution is 0.0942. The average Bonchev–Trinajstić information content (AvgIpc) is 3.02. The zero-order valence-corrected chi connectivity index (χ0v) is 12.5. The Kier molecular flexibility index (Phi) is 5.19. The van der Waals surface area contributed by atoms with Crippen LogP contribution in [0.15, 0.2) is 36.5 Å². The van der Waals surface area contributed by atoms with E-state index in [-0.39, 0.29) is 11.7 Å². The molecule has 6 nitrogen and oxygen atoms in total. The first-order valence-corrected chi connectivity index (χ1v) is 6.84. The highest BCUT2D eigenvalue weighted by molar-refractivity contribution is 5.99. The van der Waals surface area contributed by atoms with Gasteiger partial charge in [0.2, 0.25) is 0 Å². The lowest BCUT2D eigenvalue weighted by Gasteiger charge is -2.08. The third-order valence-corrected chi connectivity index (χ3v) is 3.03. The van der Waals surface area contributed by atoms with Gasteiger partial charge in [-0.25, -0.2) is 0 Å². The molecule has 6 heteroatoms. The van der Waals surface area contributed by atoms with Crippen molar-refractivity contribution in [1.29, 1.82) is 0 Å². The number of H-pyrrole nitrogens is 1. The quantitative estimate of drug-likeness (QED) is 0.606. The van der Waals surface area contributed by atoms with Gasteiger partial charge in [0.25, 0.3) is 5.91 Å². The second kappa shape index (κ2) is 7.31. The first-order chi connectivity index (χ1) is 10.6. The number of hydrogen-bond acceptors (Lipinski definition) is 4. The Morgan fingerprint density at radius 2 is 2.00 bits per heavy atom. The van der Waals surface area contributed by atoms with Crippen LogP contribution in [-0.2, 0) is 0 Å². The number of nitrogens with one attached hydrogen (secondary N) is 2. The van der Waals surface area contributed by atoms with Gasteiger partial charge in [-0.05, 0) is 25.1 Å². The molecule has 0 radical (unpaired) electrons. The number of benzene rings is 1. The Labute approximate surface area is 128 Å². The van der Waals surface area contributed by atoms with Crippen LogP contribution in [-0.4, -0.2) is 36.9 Å². The van der Waals surface area contributed by atoms with Crippen molar-refractivity contribution in [3.05, 3.63) is 47.8 Å². The lowest BCUT2D eigenvalue weighted by Crippen LogP contribution is -2.28. The van der Waals surface area contributed by atoms with E-state index in [1.807, 2.05) is 18.2 Å². The van der Waals surface area contributed by atoms with Gasteiger partial charge in [-0.2, -0.15) is 0 Å². The first-order valence-electron chi connectivity index (χ1n) is 6.84. The maximum atomic E-state index is 11.9. The fraction of sp³-hybridized carbons (Fsp3) is 0.250. The van der Waals surface area contributed by atoms with Crippen molar-refractivity contribution < 1.29 is 19.1 Å². The van der Waals surface area contributed by atoms with E-state index in [2.05, 4.69) is 10.3 Å². The van der Waals surface area contributed by atoms with Crippen LogP contribution in [0.25, 0.3) is 0 Å². The summed E-state index contributed by atoms with van der Waals surface area (Å²) >= 11 is 0. The van der Waals surface area contributed by atoms with Gasteiger partial charge >= 0.3 is 0 Å². The number of carbonyl (C=O) groups excluding carboxylic acids is 2. The Morgan fingerprint density at radius 3 is 2.68 bits per heavy atom. The molecule has 0 aliphatic rings. The summed E-state index contributed by atoms with van der Waals surface area (Å²) in [7, 11) is 1.59. The van der Waals surface area contributed by atoms with Crippen molar-refractivity contribution in [2.75, 3.05) is 20.3 Å². The monoisotopic (exact) mass is 302 g/mol. The van der Waals surface area contributed by atoms with Crippen LogP contribution in [0.2, 0.25) is 0 Å². The van der Waals surface area contributed by atoms with Gasteiger partial charge < -0.3 is 19.8 Å². The fourth-order valence-electron chi connectivity index (χ4n) is 1.85. The Balaban J connectivity index is 1.78. The summed E-state index contributed by atoms with van der Waals surface area (Å²) in [6.07, 6.45) is 1.52. The van der Waals surface area contributed by atoms with Gasteiger partial charge in [0.15, 0.2) is 5.78 Å². The predicted molar refractivity (Wildman–Crippen MR) is 81.6 cm³/mol. The number of ketones is 1. The summed E-state index contributed by atoms with van der Waals surface area (Å²) in [5, 5.41) is 2.71. The van der Waals surface area contributed by atoms with Crippen LogP contribution in [0.3, 0.4) is 0 Å². The van der Waals surface area contributed by atoms with Gasteiger partial charge in [0.1, 0.15) is 23.8 Å². The summed E-state index contributed by atoms with van der Waals surface area (Å²) in [5.41, 5.74) is 0.837. The zero-order chi connectivity index (χ0) is 15.9. The summed E-state index contributed by atoms with van der Waals surface area (Å²) in [6, 6.07) is 8.77. The third-order valence-electron chi connectivity index (χ3n) is 3.03. The maximum Gasteiger partial charge on any atom is 0.267 e. The molecule has 1 aromatic carbocycles. The highest BCUT2D eigenvalue weighted by Crippen LogP contribution is 2.18. The number of aromatic nitrogens is 1. The molecule has 2 aromatic rings. The fourth-order valence-corrected chi connectivity index (χ4v) is 1.85. The van der Waals surface area contributed by atoms with Crippen LogP contribution in [0.5, 0.6) is 11.5 Å². The minimum absolute atomic E-state index is 0.0864. The second-order valence-corrected chi connectivity index (χ2v) is 4.64. The van der Waals surface area contributed by atoms with Gasteiger partial charge in [-0.3, -0.25) is 9.59 Å². The zero-order valence-electron chi connectivity index (χ0n) is 12.5. The molecule has 0 atom stereocenters. The van der Waals surface area contributed by atoms with Gasteiger partial charge in [0, 0.05) is 17.8 Å². The summed E-state index contributed by atoms with van der Waals surface area (Å²) in [4.78, 5) is 25.8. The average molecular weight is 302 g/mol. The minimum Gasteiger partial charge on any atom is -0.497 e. The highest BCUT2D eigenvalue weighted by atomic mass is 16.5. The molecule has 0 spiro atoms. The van der Waals surface area contributed by atoms with E-state index < -0.39 is 0 Å². The van der Waals surface area contributed by atoms with Gasteiger partial charge in [0.05, 0.1) is 13.7 Å². The number of ether oxygens (including phenoxy) is 2. The standard InChI is InChI=1S/C16H18N2O4/c1-11(19)12-8-15(18-10-12)16(20)17-6-7-22-14-5-3-4-13(9-14)21-2/h3-5,8-10,18H,6-7H2,1-2H3,(H,17,20). The molecule has 1 heterocycles. The highest BCUT2D eigenvalue weighted by Gasteiger charge is 2.10. The normalized spacial score (nSPS) is 10.1. The molecule has 2 rings (SSSR count).